The van der Waals surface area contributed by atoms with Gasteiger partial charge in [-0.05, 0) is 39.7 Å². The Bertz CT molecular complexity index is 648. The van der Waals surface area contributed by atoms with Crippen molar-refractivity contribution in [2.24, 2.45) is 0 Å². The number of carbonyl (C=O) groups is 2. The Kier molecular flexibility index (Phi) is 4.56. The van der Waals surface area contributed by atoms with E-state index in [1.165, 1.54) is 18.2 Å². The van der Waals surface area contributed by atoms with Gasteiger partial charge in [-0.1, -0.05) is 30.0 Å². The van der Waals surface area contributed by atoms with Crippen molar-refractivity contribution in [3.63, 3.8) is 0 Å². The molecule has 1 heterocycles. The Morgan fingerprint density at radius 1 is 1.55 bits per heavy atom. The van der Waals surface area contributed by atoms with E-state index in [-0.39, 0.29) is 8.79 Å². The molecule has 0 aromatic heterocycles. The van der Waals surface area contributed by atoms with Crippen molar-refractivity contribution >= 4 is 62.2 Å². The van der Waals surface area contributed by atoms with E-state index >= 15 is 0 Å². The van der Waals surface area contributed by atoms with E-state index < -0.39 is 24.2 Å². The number of hydrogen-bond donors (Lipinski definition) is 1. The minimum Gasteiger partial charge on any atom is -0.480 e. The van der Waals surface area contributed by atoms with Gasteiger partial charge >= 0.3 is 5.97 Å². The molecule has 0 unspecified atom stereocenters. The third kappa shape index (κ3) is 3.25. The average molecular weight is 376 g/mol. The number of halogens is 2. The first-order valence-electron chi connectivity index (χ1n) is 5.30. The lowest BCUT2D eigenvalue weighted by Crippen LogP contribution is -2.33. The highest BCUT2D eigenvalue weighted by atomic mass is 79.9. The fourth-order valence-electron chi connectivity index (χ4n) is 1.53. The second kappa shape index (κ2) is 6.02. The number of carboxylic acids is 1. The number of thioether (sulfide) groups is 1. The lowest BCUT2D eigenvalue weighted by atomic mass is 10.2. The van der Waals surface area contributed by atoms with Gasteiger partial charge in [0.25, 0.3) is 5.91 Å². The molecule has 0 aliphatic carbocycles. The van der Waals surface area contributed by atoms with E-state index in [0.717, 1.165) is 16.7 Å². The smallest absolute Gasteiger partial charge is 0.323 e. The predicted molar refractivity (Wildman–Crippen MR) is 81.6 cm³/mol. The van der Waals surface area contributed by atoms with Crippen LogP contribution in [0.5, 0.6) is 0 Å². The minimum absolute atomic E-state index is 0.199. The van der Waals surface area contributed by atoms with Crippen LogP contribution < -0.4 is 0 Å². The molecule has 0 radical (unpaired) electrons. The van der Waals surface area contributed by atoms with Gasteiger partial charge in [-0.2, -0.15) is 0 Å². The van der Waals surface area contributed by atoms with Crippen molar-refractivity contribution in [3.05, 3.63) is 39.0 Å². The van der Waals surface area contributed by atoms with Crippen molar-refractivity contribution in [1.82, 2.24) is 4.90 Å². The number of benzene rings is 1. The Hall–Kier alpha value is -1.25. The molecule has 0 bridgehead atoms. The Balaban J connectivity index is 2.27. The lowest BCUT2D eigenvalue weighted by molar-refractivity contribution is -0.140. The maximum absolute atomic E-state index is 13.1. The molecular formula is C12H7BrFNO3S2. The molecule has 1 fully saturated rings. The summed E-state index contributed by atoms with van der Waals surface area (Å²) in [4.78, 5) is 24.0. The molecule has 1 aromatic rings. The fraction of sp³-hybridized carbons (Fsp3) is 0.0833. The van der Waals surface area contributed by atoms with Crippen molar-refractivity contribution in [3.8, 4) is 0 Å². The van der Waals surface area contributed by atoms with Crippen molar-refractivity contribution in [1.29, 1.82) is 0 Å². The zero-order valence-electron chi connectivity index (χ0n) is 9.80. The van der Waals surface area contributed by atoms with E-state index in [9.17, 15) is 14.0 Å². The van der Waals surface area contributed by atoms with Crippen LogP contribution in [0, 0.1) is 5.82 Å². The van der Waals surface area contributed by atoms with Gasteiger partial charge in [0.15, 0.2) is 0 Å². The predicted octanol–water partition coefficient (Wildman–Crippen LogP) is 2.87. The highest BCUT2D eigenvalue weighted by Gasteiger charge is 2.33. The molecule has 1 amide bonds. The molecule has 0 saturated carbocycles. The summed E-state index contributed by atoms with van der Waals surface area (Å²) in [7, 11) is 0. The highest BCUT2D eigenvalue weighted by Crippen LogP contribution is 2.32. The summed E-state index contributed by atoms with van der Waals surface area (Å²) in [5.74, 6) is -1.99. The molecule has 4 nitrogen and oxygen atoms in total. The third-order valence-corrected chi connectivity index (χ3v) is 4.39. The summed E-state index contributed by atoms with van der Waals surface area (Å²) in [5, 5.41) is 8.72. The monoisotopic (exact) mass is 375 g/mol. The van der Waals surface area contributed by atoms with Gasteiger partial charge < -0.3 is 5.11 Å². The lowest BCUT2D eigenvalue weighted by Gasteiger charge is -2.10. The number of amides is 1. The van der Waals surface area contributed by atoms with E-state index in [4.69, 9.17) is 17.3 Å². The molecule has 0 spiro atoms. The van der Waals surface area contributed by atoms with Gasteiger partial charge in [0.2, 0.25) is 0 Å². The van der Waals surface area contributed by atoms with Gasteiger partial charge in [-0.3, -0.25) is 14.5 Å². The molecule has 1 aliphatic rings. The standard InChI is InChI=1S/C12H7BrFNO3S2/c13-7-3-6(1-2-8(7)14)4-9-11(18)15(5-10(16)17)12(19)20-9/h1-4H,5H2,(H,16,17)/b9-4+. The van der Waals surface area contributed by atoms with Crippen LogP contribution in [0.1, 0.15) is 5.56 Å². The van der Waals surface area contributed by atoms with Crippen LogP contribution in [0.2, 0.25) is 0 Å². The normalized spacial score (nSPS) is 17.1. The summed E-state index contributed by atoms with van der Waals surface area (Å²) >= 11 is 9.05. The average Bonchev–Trinajstić information content (AvgIpc) is 2.61. The quantitative estimate of drug-likeness (QED) is 0.650. The van der Waals surface area contributed by atoms with E-state index in [1.807, 2.05) is 0 Å². The Morgan fingerprint density at radius 3 is 2.85 bits per heavy atom. The number of hydrogen-bond acceptors (Lipinski definition) is 4. The molecular weight excluding hydrogens is 369 g/mol. The number of nitrogens with zero attached hydrogens (tertiary/aromatic N) is 1. The van der Waals surface area contributed by atoms with Crippen LogP contribution in [0.25, 0.3) is 6.08 Å². The van der Waals surface area contributed by atoms with Gasteiger partial charge in [0.05, 0.1) is 9.38 Å². The zero-order chi connectivity index (χ0) is 14.9. The van der Waals surface area contributed by atoms with Crippen LogP contribution in [0.15, 0.2) is 27.6 Å². The van der Waals surface area contributed by atoms with Crippen LogP contribution >= 0.6 is 39.9 Å². The third-order valence-electron chi connectivity index (χ3n) is 2.41. The van der Waals surface area contributed by atoms with Crippen molar-refractivity contribution in [2.75, 3.05) is 6.54 Å². The first-order valence-corrected chi connectivity index (χ1v) is 7.32. The van der Waals surface area contributed by atoms with Crippen molar-refractivity contribution in [2.45, 2.75) is 0 Å². The van der Waals surface area contributed by atoms with E-state index in [0.29, 0.717) is 10.5 Å². The molecule has 104 valence electrons. The molecule has 1 aliphatic heterocycles. The molecule has 1 N–H and O–H groups in total. The highest BCUT2D eigenvalue weighted by molar-refractivity contribution is 9.10. The Morgan fingerprint density at radius 2 is 2.25 bits per heavy atom. The summed E-state index contributed by atoms with van der Waals surface area (Å²) < 4.78 is 13.6. The second-order valence-corrected chi connectivity index (χ2v) is 6.37. The number of rotatable bonds is 3. The fourth-order valence-corrected chi connectivity index (χ4v) is 3.18. The topological polar surface area (TPSA) is 57.6 Å². The van der Waals surface area contributed by atoms with Gasteiger partial charge in [0.1, 0.15) is 16.7 Å². The minimum atomic E-state index is -1.13. The van der Waals surface area contributed by atoms with Crippen LogP contribution in [0.3, 0.4) is 0 Å². The largest absolute Gasteiger partial charge is 0.480 e. The Labute approximate surface area is 131 Å². The molecule has 1 saturated heterocycles. The molecule has 0 atom stereocenters. The summed E-state index contributed by atoms with van der Waals surface area (Å²) in [6, 6.07) is 4.32. The SMILES string of the molecule is O=C(O)CN1C(=O)/C(=C\c2ccc(F)c(Br)c2)SC1=S. The number of thiocarbonyl (C=S) groups is 1. The van der Waals surface area contributed by atoms with Gasteiger partial charge in [0, 0.05) is 0 Å². The van der Waals surface area contributed by atoms with E-state index in [2.05, 4.69) is 15.9 Å². The molecule has 20 heavy (non-hydrogen) atoms. The number of carboxylic acid groups (broad SMARTS) is 1. The van der Waals surface area contributed by atoms with Crippen molar-refractivity contribution < 1.29 is 19.1 Å². The maximum Gasteiger partial charge on any atom is 0.323 e. The first-order chi connectivity index (χ1) is 9.38. The van der Waals surface area contributed by atoms with Crippen LogP contribution in [-0.4, -0.2) is 32.7 Å². The maximum atomic E-state index is 13.1. The summed E-state index contributed by atoms with van der Waals surface area (Å²) in [5.41, 5.74) is 0.620. The van der Waals surface area contributed by atoms with Gasteiger partial charge in [-0.25, -0.2) is 4.39 Å². The molecule has 8 heteroatoms. The summed E-state index contributed by atoms with van der Waals surface area (Å²) in [6.45, 7) is -0.463. The zero-order valence-corrected chi connectivity index (χ0v) is 13.0. The number of carbonyl (C=O) groups excluding carboxylic acids is 1. The van der Waals surface area contributed by atoms with E-state index in [1.54, 1.807) is 6.08 Å². The molecule has 2 rings (SSSR count). The van der Waals surface area contributed by atoms with Crippen LogP contribution in [-0.2, 0) is 9.59 Å². The van der Waals surface area contributed by atoms with Gasteiger partial charge in [-0.15, -0.1) is 0 Å². The molecule has 1 aromatic carbocycles. The number of aliphatic carboxylic acids is 1. The second-order valence-electron chi connectivity index (χ2n) is 3.84. The first kappa shape index (κ1) is 15.1. The van der Waals surface area contributed by atoms with Crippen LogP contribution in [0.4, 0.5) is 4.39 Å². The summed E-state index contributed by atoms with van der Waals surface area (Å²) in [6.07, 6.45) is 1.55.